The van der Waals surface area contributed by atoms with E-state index < -0.39 is 11.7 Å². The first kappa shape index (κ1) is 25.7. The van der Waals surface area contributed by atoms with E-state index in [4.69, 9.17) is 9.47 Å². The minimum Gasteiger partial charge on any atom is -0.454 e. The molecule has 3 heterocycles. The number of alkyl halides is 3. The third kappa shape index (κ3) is 6.48. The van der Waals surface area contributed by atoms with Crippen LogP contribution in [0.15, 0.2) is 72.2 Å². The summed E-state index contributed by atoms with van der Waals surface area (Å²) in [6.45, 7) is 1.44. The van der Waals surface area contributed by atoms with Crippen LogP contribution in [0.25, 0.3) is 0 Å². The smallest absolute Gasteiger partial charge is 0.416 e. The van der Waals surface area contributed by atoms with Gasteiger partial charge in [0.25, 0.3) is 5.91 Å². The Balaban J connectivity index is 1.31. The van der Waals surface area contributed by atoms with Crippen LogP contribution in [0.4, 0.5) is 13.2 Å². The highest BCUT2D eigenvalue weighted by Gasteiger charge is 2.30. The van der Waals surface area contributed by atoms with Crippen molar-refractivity contribution in [1.82, 2.24) is 20.2 Å². The first-order chi connectivity index (χ1) is 18.3. The van der Waals surface area contributed by atoms with Crippen LogP contribution in [-0.4, -0.2) is 27.6 Å². The molecule has 0 saturated carbocycles. The lowest BCUT2D eigenvalue weighted by Gasteiger charge is -2.22. The van der Waals surface area contributed by atoms with Crippen LogP contribution in [0.2, 0.25) is 0 Å². The van der Waals surface area contributed by atoms with Crippen LogP contribution in [0.5, 0.6) is 11.5 Å². The number of halogens is 3. The summed E-state index contributed by atoms with van der Waals surface area (Å²) in [4.78, 5) is 23.2. The van der Waals surface area contributed by atoms with Crippen molar-refractivity contribution >= 4 is 17.2 Å². The monoisotopic (exact) mass is 540 g/mol. The van der Waals surface area contributed by atoms with Crippen molar-refractivity contribution in [2.45, 2.75) is 32.4 Å². The van der Waals surface area contributed by atoms with Crippen molar-refractivity contribution in [3.8, 4) is 11.5 Å². The van der Waals surface area contributed by atoms with Crippen LogP contribution >= 0.6 is 11.3 Å². The molecule has 5 rings (SSSR count). The number of aromatic nitrogens is 2. The number of rotatable bonds is 9. The number of fused-ring (bicyclic) bond motifs is 1. The number of hydrogen-bond acceptors (Lipinski definition) is 7. The summed E-state index contributed by atoms with van der Waals surface area (Å²) < 4.78 is 50.7. The highest BCUT2D eigenvalue weighted by atomic mass is 32.1. The molecule has 0 spiro atoms. The number of carbonyl (C=O) groups is 1. The minimum absolute atomic E-state index is 0.150. The molecule has 0 radical (unpaired) electrons. The van der Waals surface area contributed by atoms with Gasteiger partial charge < -0.3 is 14.8 Å². The van der Waals surface area contributed by atoms with Gasteiger partial charge in [0.05, 0.1) is 24.3 Å². The van der Waals surface area contributed by atoms with Gasteiger partial charge in [0, 0.05) is 24.7 Å². The lowest BCUT2D eigenvalue weighted by atomic mass is 10.1. The molecule has 0 atom stereocenters. The second kappa shape index (κ2) is 11.2. The maximum atomic E-state index is 13.3. The number of thiazole rings is 1. The molecule has 0 aliphatic carbocycles. The van der Waals surface area contributed by atoms with E-state index in [2.05, 4.69) is 15.3 Å². The number of amides is 1. The Morgan fingerprint density at radius 1 is 0.974 bits per heavy atom. The van der Waals surface area contributed by atoms with E-state index in [1.165, 1.54) is 17.4 Å². The second-order valence-electron chi connectivity index (χ2n) is 8.66. The summed E-state index contributed by atoms with van der Waals surface area (Å²) >= 11 is 1.32. The zero-order valence-corrected chi connectivity index (χ0v) is 20.9. The molecule has 38 heavy (non-hydrogen) atoms. The summed E-state index contributed by atoms with van der Waals surface area (Å²) in [5.41, 5.74) is 1.74. The van der Waals surface area contributed by atoms with Gasteiger partial charge in [-0.05, 0) is 41.5 Å². The Morgan fingerprint density at radius 3 is 2.58 bits per heavy atom. The quantitative estimate of drug-likeness (QED) is 0.306. The Morgan fingerprint density at radius 2 is 1.79 bits per heavy atom. The number of pyridine rings is 1. The van der Waals surface area contributed by atoms with E-state index in [1.807, 2.05) is 35.2 Å². The van der Waals surface area contributed by atoms with E-state index in [1.54, 1.807) is 23.7 Å². The normalized spacial score (nSPS) is 12.6. The molecule has 196 valence electrons. The van der Waals surface area contributed by atoms with Crippen LogP contribution in [0.3, 0.4) is 0 Å². The van der Waals surface area contributed by atoms with Crippen molar-refractivity contribution in [3.63, 3.8) is 0 Å². The van der Waals surface area contributed by atoms with Crippen LogP contribution in [0, 0.1) is 0 Å². The third-order valence-corrected chi connectivity index (χ3v) is 6.64. The minimum atomic E-state index is -4.43. The summed E-state index contributed by atoms with van der Waals surface area (Å²) in [5.74, 6) is 0.959. The number of benzene rings is 2. The predicted molar refractivity (Wildman–Crippen MR) is 134 cm³/mol. The molecule has 0 unspecified atom stereocenters. The predicted octanol–water partition coefficient (Wildman–Crippen LogP) is 5.42. The van der Waals surface area contributed by atoms with Crippen molar-refractivity contribution < 1.29 is 27.4 Å². The molecule has 1 aliphatic heterocycles. The highest BCUT2D eigenvalue weighted by molar-refractivity contribution is 7.09. The summed E-state index contributed by atoms with van der Waals surface area (Å²) in [5, 5.41) is 5.14. The van der Waals surface area contributed by atoms with Gasteiger partial charge in [0.1, 0.15) is 10.7 Å². The van der Waals surface area contributed by atoms with E-state index in [0.29, 0.717) is 35.2 Å². The number of hydrogen-bond donors (Lipinski definition) is 1. The second-order valence-corrected chi connectivity index (χ2v) is 9.60. The fourth-order valence-corrected chi connectivity index (χ4v) is 4.83. The van der Waals surface area contributed by atoms with Crippen LogP contribution < -0.4 is 14.8 Å². The van der Waals surface area contributed by atoms with Crippen molar-refractivity contribution in [2.24, 2.45) is 0 Å². The Labute approximate surface area is 220 Å². The zero-order valence-electron chi connectivity index (χ0n) is 20.1. The average Bonchev–Trinajstić information content (AvgIpc) is 3.57. The van der Waals surface area contributed by atoms with Gasteiger partial charge in [0.2, 0.25) is 6.79 Å². The Hall–Kier alpha value is -3.96. The first-order valence-electron chi connectivity index (χ1n) is 11.7. The Bertz CT molecular complexity index is 1410. The highest BCUT2D eigenvalue weighted by Crippen LogP contribution is 2.33. The molecule has 7 nitrogen and oxygen atoms in total. The van der Waals surface area contributed by atoms with Gasteiger partial charge in [0.15, 0.2) is 11.5 Å². The lowest BCUT2D eigenvalue weighted by Crippen LogP contribution is -2.24. The number of carbonyl (C=O) groups excluding carboxylic acids is 1. The molecule has 0 fully saturated rings. The number of nitrogens with one attached hydrogen (secondary N) is 1. The maximum absolute atomic E-state index is 13.3. The van der Waals surface area contributed by atoms with E-state index >= 15 is 0 Å². The van der Waals surface area contributed by atoms with Gasteiger partial charge in [-0.25, -0.2) is 4.98 Å². The fourth-order valence-electron chi connectivity index (χ4n) is 4.01. The third-order valence-electron chi connectivity index (χ3n) is 5.80. The topological polar surface area (TPSA) is 76.6 Å². The number of nitrogens with zero attached hydrogens (tertiary/aromatic N) is 3. The van der Waals surface area contributed by atoms with Crippen molar-refractivity contribution in [2.75, 3.05) is 6.79 Å². The molecule has 2 aromatic heterocycles. The molecular weight excluding hydrogens is 517 g/mol. The molecule has 1 aliphatic rings. The standard InChI is InChI=1S/C27H23F3N4O3S/c28-27(29,30)20-5-3-4-18(10-20)13-34(14-19-7-8-23-24(11-19)37-17-36-23)15-25-33-22(16-38-25)26(35)32-12-21-6-1-2-9-31-21/h1-11,16H,12-15,17H2,(H,32,35). The van der Waals surface area contributed by atoms with E-state index in [-0.39, 0.29) is 31.5 Å². The SMILES string of the molecule is O=C(NCc1ccccn1)c1csc(CN(Cc2cccc(C(F)(F)F)c2)Cc2ccc3c(c2)OCO3)n1. The van der Waals surface area contributed by atoms with Gasteiger partial charge in [-0.3, -0.25) is 14.7 Å². The molecule has 11 heteroatoms. The van der Waals surface area contributed by atoms with Gasteiger partial charge in [-0.15, -0.1) is 11.3 Å². The van der Waals surface area contributed by atoms with Crippen molar-refractivity contribution in [3.05, 3.63) is 105 Å². The van der Waals surface area contributed by atoms with E-state index in [0.717, 1.165) is 23.4 Å². The molecule has 0 bridgehead atoms. The van der Waals surface area contributed by atoms with Crippen molar-refractivity contribution in [1.29, 1.82) is 0 Å². The molecule has 0 saturated heterocycles. The molecule has 2 aromatic carbocycles. The van der Waals surface area contributed by atoms with Crippen LogP contribution in [0.1, 0.15) is 37.9 Å². The zero-order chi connectivity index (χ0) is 26.5. The van der Waals surface area contributed by atoms with E-state index in [9.17, 15) is 18.0 Å². The summed E-state index contributed by atoms with van der Waals surface area (Å²) in [6.07, 6.45) is -2.77. The largest absolute Gasteiger partial charge is 0.454 e. The number of ether oxygens (including phenoxy) is 2. The fraction of sp³-hybridized carbons (Fsp3) is 0.222. The van der Waals surface area contributed by atoms with Gasteiger partial charge in [-0.1, -0.05) is 30.3 Å². The summed E-state index contributed by atoms with van der Waals surface area (Å²) in [7, 11) is 0. The Kier molecular flexibility index (Phi) is 7.57. The maximum Gasteiger partial charge on any atom is 0.416 e. The molecular formula is C27H23F3N4O3S. The average molecular weight is 541 g/mol. The lowest BCUT2D eigenvalue weighted by molar-refractivity contribution is -0.137. The molecule has 1 amide bonds. The van der Waals surface area contributed by atoms with Gasteiger partial charge >= 0.3 is 6.18 Å². The van der Waals surface area contributed by atoms with Gasteiger partial charge in [-0.2, -0.15) is 13.2 Å². The van der Waals surface area contributed by atoms with Crippen LogP contribution in [-0.2, 0) is 32.4 Å². The molecule has 4 aromatic rings. The molecule has 1 N–H and O–H groups in total. The first-order valence-corrected chi connectivity index (χ1v) is 12.6. The summed E-state index contributed by atoms with van der Waals surface area (Å²) in [6, 6.07) is 16.3.